The van der Waals surface area contributed by atoms with E-state index in [1.165, 1.54) is 60.4 Å². The van der Waals surface area contributed by atoms with Crippen LogP contribution in [-0.2, 0) is 0 Å². The molecule has 2 rings (SSSR count). The standard InChI is InChI=1S/C17H24N/c1-3-4-5-6-7-8-13-17-16-12-10-9-11-15(16)14(2)18-17/h9-12H,3-8,13H2,1-2H3. The molecule has 0 N–H and O–H groups in total. The van der Waals surface area contributed by atoms with E-state index >= 15 is 0 Å². The Hall–Kier alpha value is -1.24. The molecule has 1 heteroatoms. The Morgan fingerprint density at radius 2 is 1.56 bits per heavy atom. The Balaban J connectivity index is 1.88. The maximum Gasteiger partial charge on any atom is 0.0485 e. The molecule has 0 aromatic heterocycles. The summed E-state index contributed by atoms with van der Waals surface area (Å²) in [6.45, 7) is 4.38. The van der Waals surface area contributed by atoms with Gasteiger partial charge in [0.1, 0.15) is 0 Å². The maximum absolute atomic E-state index is 4.72. The first kappa shape index (κ1) is 13.2. The second-order valence-electron chi connectivity index (χ2n) is 5.21. The topological polar surface area (TPSA) is 14.1 Å². The van der Waals surface area contributed by atoms with Gasteiger partial charge in [-0.3, -0.25) is 5.32 Å². The third-order valence-electron chi connectivity index (χ3n) is 3.70. The summed E-state index contributed by atoms with van der Waals surface area (Å²) in [7, 11) is 0. The second-order valence-corrected chi connectivity index (χ2v) is 5.21. The van der Waals surface area contributed by atoms with Gasteiger partial charge in [0.2, 0.25) is 0 Å². The van der Waals surface area contributed by atoms with E-state index in [0.29, 0.717) is 0 Å². The van der Waals surface area contributed by atoms with Crippen molar-refractivity contribution >= 4 is 11.4 Å². The van der Waals surface area contributed by atoms with Crippen LogP contribution < -0.4 is 15.8 Å². The van der Waals surface area contributed by atoms with Crippen LogP contribution in [0.2, 0.25) is 0 Å². The molecule has 18 heavy (non-hydrogen) atoms. The lowest BCUT2D eigenvalue weighted by Gasteiger charge is -2.03. The normalized spacial score (nSPS) is 13.7. The number of nitrogens with zero attached hydrogens (tertiary/aromatic N) is 1. The highest BCUT2D eigenvalue weighted by Crippen LogP contribution is 2.13. The van der Waals surface area contributed by atoms with E-state index in [9.17, 15) is 0 Å². The van der Waals surface area contributed by atoms with Crippen molar-refractivity contribution in [1.82, 2.24) is 5.32 Å². The van der Waals surface area contributed by atoms with Crippen molar-refractivity contribution in [2.24, 2.45) is 0 Å². The molecule has 0 atom stereocenters. The predicted octanol–water partition coefficient (Wildman–Crippen LogP) is 3.29. The first-order chi connectivity index (χ1) is 8.83. The van der Waals surface area contributed by atoms with Crippen LogP contribution in [-0.4, -0.2) is 0 Å². The van der Waals surface area contributed by atoms with Crippen LogP contribution in [0.4, 0.5) is 0 Å². The zero-order valence-electron chi connectivity index (χ0n) is 11.7. The Morgan fingerprint density at radius 1 is 0.889 bits per heavy atom. The summed E-state index contributed by atoms with van der Waals surface area (Å²) < 4.78 is 0. The average Bonchev–Trinajstić information content (AvgIpc) is 2.71. The lowest BCUT2D eigenvalue weighted by molar-refractivity contribution is 0.611. The Kier molecular flexibility index (Phi) is 4.86. The average molecular weight is 242 g/mol. The molecule has 1 aromatic carbocycles. The van der Waals surface area contributed by atoms with Gasteiger partial charge in [-0.05, 0) is 19.8 Å². The molecule has 97 valence electrons. The molecule has 0 saturated heterocycles. The molecule has 0 unspecified atom stereocenters. The van der Waals surface area contributed by atoms with Gasteiger partial charge in [0.15, 0.2) is 0 Å². The first-order valence-corrected chi connectivity index (χ1v) is 7.34. The van der Waals surface area contributed by atoms with Crippen molar-refractivity contribution < 1.29 is 0 Å². The molecule has 0 amide bonds. The molecule has 1 nitrogen and oxygen atoms in total. The Labute approximate surface area is 111 Å². The SMILES string of the molecule is CCCCCCCCC1=c2ccccc2=C(C)[N]1. The molecule has 0 aliphatic carbocycles. The quantitative estimate of drug-likeness (QED) is 0.651. The summed E-state index contributed by atoms with van der Waals surface area (Å²) in [6, 6.07) is 8.61. The van der Waals surface area contributed by atoms with Crippen LogP contribution >= 0.6 is 0 Å². The number of benzene rings is 1. The molecule has 1 aliphatic rings. The molecule has 0 bridgehead atoms. The van der Waals surface area contributed by atoms with Gasteiger partial charge < -0.3 is 0 Å². The molecule has 1 radical (unpaired) electrons. The van der Waals surface area contributed by atoms with E-state index in [0.717, 1.165) is 6.42 Å². The van der Waals surface area contributed by atoms with E-state index in [4.69, 9.17) is 5.32 Å². The fourth-order valence-corrected chi connectivity index (χ4v) is 2.64. The summed E-state index contributed by atoms with van der Waals surface area (Å²) in [5, 5.41) is 7.42. The van der Waals surface area contributed by atoms with Crippen molar-refractivity contribution in [3.8, 4) is 0 Å². The molecule has 1 aromatic rings. The molecular weight excluding hydrogens is 218 g/mol. The van der Waals surface area contributed by atoms with Crippen LogP contribution in [0.5, 0.6) is 0 Å². The zero-order valence-corrected chi connectivity index (χ0v) is 11.7. The number of unbranched alkanes of at least 4 members (excludes halogenated alkanes) is 5. The van der Waals surface area contributed by atoms with Crippen molar-refractivity contribution in [2.45, 2.75) is 58.8 Å². The van der Waals surface area contributed by atoms with Gasteiger partial charge in [-0.25, -0.2) is 0 Å². The van der Waals surface area contributed by atoms with Crippen LogP contribution in [0.3, 0.4) is 0 Å². The number of hydrogen-bond acceptors (Lipinski definition) is 0. The Morgan fingerprint density at radius 3 is 2.33 bits per heavy atom. The highest BCUT2D eigenvalue weighted by atomic mass is 14.9. The predicted molar refractivity (Wildman–Crippen MR) is 78.3 cm³/mol. The monoisotopic (exact) mass is 242 g/mol. The summed E-state index contributed by atoms with van der Waals surface area (Å²) >= 11 is 0. The third kappa shape index (κ3) is 3.16. The first-order valence-electron chi connectivity index (χ1n) is 7.34. The number of fused-ring (bicyclic) bond motifs is 1. The third-order valence-corrected chi connectivity index (χ3v) is 3.70. The molecule has 1 aliphatic heterocycles. The van der Waals surface area contributed by atoms with Gasteiger partial charge >= 0.3 is 0 Å². The van der Waals surface area contributed by atoms with Gasteiger partial charge in [0, 0.05) is 21.8 Å². The molecule has 1 heterocycles. The van der Waals surface area contributed by atoms with Crippen LogP contribution in [0.15, 0.2) is 24.3 Å². The van der Waals surface area contributed by atoms with Gasteiger partial charge in [-0.2, -0.15) is 0 Å². The summed E-state index contributed by atoms with van der Waals surface area (Å²) in [5.41, 5.74) is 2.49. The van der Waals surface area contributed by atoms with E-state index in [1.54, 1.807) is 0 Å². The minimum Gasteiger partial charge on any atom is -0.257 e. The summed E-state index contributed by atoms with van der Waals surface area (Å²) in [6.07, 6.45) is 9.26. The lowest BCUT2D eigenvalue weighted by Crippen LogP contribution is -2.22. The van der Waals surface area contributed by atoms with Crippen molar-refractivity contribution in [2.75, 3.05) is 0 Å². The summed E-state index contributed by atoms with van der Waals surface area (Å²) in [4.78, 5) is 0. The molecule has 0 saturated carbocycles. The van der Waals surface area contributed by atoms with Gasteiger partial charge in [-0.1, -0.05) is 63.3 Å². The van der Waals surface area contributed by atoms with E-state index in [2.05, 4.69) is 38.1 Å². The van der Waals surface area contributed by atoms with Crippen molar-refractivity contribution in [1.29, 1.82) is 0 Å². The van der Waals surface area contributed by atoms with Gasteiger partial charge in [0.05, 0.1) is 0 Å². The van der Waals surface area contributed by atoms with Crippen LogP contribution in [0.25, 0.3) is 11.4 Å². The van der Waals surface area contributed by atoms with E-state index in [-0.39, 0.29) is 0 Å². The van der Waals surface area contributed by atoms with E-state index in [1.807, 2.05) is 0 Å². The second kappa shape index (κ2) is 6.63. The highest BCUT2D eigenvalue weighted by molar-refractivity contribution is 5.62. The largest absolute Gasteiger partial charge is 0.257 e. The molecular formula is C17H24N. The van der Waals surface area contributed by atoms with Crippen LogP contribution in [0, 0.1) is 0 Å². The lowest BCUT2D eigenvalue weighted by atomic mass is 10.1. The van der Waals surface area contributed by atoms with Gasteiger partial charge in [0.25, 0.3) is 0 Å². The van der Waals surface area contributed by atoms with Crippen molar-refractivity contribution in [3.63, 3.8) is 0 Å². The smallest absolute Gasteiger partial charge is 0.0485 e. The van der Waals surface area contributed by atoms with E-state index < -0.39 is 0 Å². The zero-order chi connectivity index (χ0) is 12.8. The maximum atomic E-state index is 4.72. The Bertz CT molecular complexity index is 499. The summed E-state index contributed by atoms with van der Waals surface area (Å²) in [5.74, 6) is 0. The molecule has 0 spiro atoms. The highest BCUT2D eigenvalue weighted by Gasteiger charge is 2.10. The number of rotatable bonds is 7. The van der Waals surface area contributed by atoms with Crippen molar-refractivity contribution in [3.05, 3.63) is 34.7 Å². The van der Waals surface area contributed by atoms with Gasteiger partial charge in [-0.15, -0.1) is 0 Å². The molecule has 0 fully saturated rings. The fraction of sp³-hybridized carbons (Fsp3) is 0.529. The fourth-order valence-electron chi connectivity index (χ4n) is 2.64. The minimum atomic E-state index is 1.14. The number of hydrogen-bond donors (Lipinski definition) is 0. The van der Waals surface area contributed by atoms with Crippen LogP contribution in [0.1, 0.15) is 58.8 Å². The minimum absolute atomic E-state index is 1.14.